The van der Waals surface area contributed by atoms with E-state index < -0.39 is 11.9 Å². The Morgan fingerprint density at radius 1 is 1.48 bits per heavy atom. The first-order valence-corrected chi connectivity index (χ1v) is 7.04. The average Bonchev–Trinajstić information content (AvgIpc) is 2.44. The van der Waals surface area contributed by atoms with Gasteiger partial charge in [0.25, 0.3) is 0 Å². The fourth-order valence-electron chi connectivity index (χ4n) is 2.37. The van der Waals surface area contributed by atoms with Gasteiger partial charge in [-0.3, -0.25) is 9.59 Å². The molecule has 6 heteroatoms. The van der Waals surface area contributed by atoms with Crippen molar-refractivity contribution in [1.82, 2.24) is 0 Å². The maximum Gasteiger partial charge on any atom is 0.305 e. The zero-order valence-electron chi connectivity index (χ0n) is 11.9. The van der Waals surface area contributed by atoms with Crippen LogP contribution >= 0.6 is 0 Å². The lowest BCUT2D eigenvalue weighted by Gasteiger charge is -2.20. The molecule has 1 heterocycles. The van der Waals surface area contributed by atoms with Crippen LogP contribution in [0.3, 0.4) is 0 Å². The Labute approximate surface area is 122 Å². The molecule has 5 nitrogen and oxygen atoms in total. The van der Waals surface area contributed by atoms with Gasteiger partial charge in [-0.2, -0.15) is 0 Å². The van der Waals surface area contributed by atoms with Crippen molar-refractivity contribution in [1.29, 1.82) is 0 Å². The maximum absolute atomic E-state index is 14.1. The summed E-state index contributed by atoms with van der Waals surface area (Å²) in [5.74, 6) is -0.910. The molecule has 0 saturated heterocycles. The van der Waals surface area contributed by atoms with Gasteiger partial charge in [0.15, 0.2) is 0 Å². The van der Waals surface area contributed by atoms with E-state index in [0.717, 1.165) is 5.56 Å². The van der Waals surface area contributed by atoms with Crippen LogP contribution < -0.4 is 11.1 Å². The predicted octanol–water partition coefficient (Wildman–Crippen LogP) is 2.05. The Morgan fingerprint density at radius 3 is 2.95 bits per heavy atom. The van der Waals surface area contributed by atoms with Crippen molar-refractivity contribution >= 4 is 17.6 Å². The molecule has 1 aromatic rings. The van der Waals surface area contributed by atoms with Crippen LogP contribution in [0.4, 0.5) is 10.1 Å². The van der Waals surface area contributed by atoms with E-state index in [0.29, 0.717) is 37.1 Å². The number of amides is 1. The molecule has 0 fully saturated rings. The Balaban J connectivity index is 2.09. The van der Waals surface area contributed by atoms with E-state index in [9.17, 15) is 14.0 Å². The number of rotatable bonds is 5. The van der Waals surface area contributed by atoms with Crippen molar-refractivity contribution in [3.8, 4) is 0 Å². The Kier molecular flexibility index (Phi) is 4.90. The van der Waals surface area contributed by atoms with Crippen LogP contribution in [0.1, 0.15) is 43.4 Å². The third-order valence-corrected chi connectivity index (χ3v) is 3.48. The van der Waals surface area contributed by atoms with Crippen LogP contribution in [-0.4, -0.2) is 18.5 Å². The maximum atomic E-state index is 14.1. The number of carbonyl (C=O) groups excluding carboxylic acids is 2. The summed E-state index contributed by atoms with van der Waals surface area (Å²) in [4.78, 5) is 22.6. The minimum atomic E-state index is -0.572. The first-order chi connectivity index (χ1) is 10.0. The van der Waals surface area contributed by atoms with Gasteiger partial charge in [0.1, 0.15) is 5.82 Å². The average molecular weight is 294 g/mol. The van der Waals surface area contributed by atoms with E-state index in [4.69, 9.17) is 10.5 Å². The minimum absolute atomic E-state index is 0.110. The number of hydrogen-bond acceptors (Lipinski definition) is 4. The largest absolute Gasteiger partial charge is 0.466 e. The number of nitrogens with two attached hydrogens (primary N) is 1. The molecular formula is C15H19FN2O3. The number of aryl methyl sites for hydroxylation is 1. The molecule has 114 valence electrons. The van der Waals surface area contributed by atoms with E-state index in [2.05, 4.69) is 5.32 Å². The molecule has 0 spiro atoms. The van der Waals surface area contributed by atoms with Gasteiger partial charge >= 0.3 is 5.97 Å². The topological polar surface area (TPSA) is 81.4 Å². The minimum Gasteiger partial charge on any atom is -0.466 e. The van der Waals surface area contributed by atoms with Crippen LogP contribution in [0.5, 0.6) is 0 Å². The first-order valence-electron chi connectivity index (χ1n) is 7.04. The SMILES string of the molecule is CCOC(=O)CCC(N)c1cc2c(cc1F)NC(=O)CC2. The number of esters is 1. The molecule has 3 N–H and O–H groups in total. The molecule has 0 bridgehead atoms. The van der Waals surface area contributed by atoms with Crippen LogP contribution in [0.2, 0.25) is 0 Å². The van der Waals surface area contributed by atoms with E-state index in [-0.39, 0.29) is 18.3 Å². The molecule has 1 atom stereocenters. The second-order valence-electron chi connectivity index (χ2n) is 5.03. The van der Waals surface area contributed by atoms with Gasteiger partial charge in [0.05, 0.1) is 6.61 Å². The number of benzene rings is 1. The van der Waals surface area contributed by atoms with Crippen molar-refractivity contribution in [2.75, 3.05) is 11.9 Å². The number of anilines is 1. The highest BCUT2D eigenvalue weighted by molar-refractivity contribution is 5.93. The number of nitrogens with one attached hydrogen (secondary N) is 1. The van der Waals surface area contributed by atoms with E-state index in [1.807, 2.05) is 0 Å². The third kappa shape index (κ3) is 3.78. The first kappa shape index (κ1) is 15.4. The van der Waals surface area contributed by atoms with Gasteiger partial charge in [-0.15, -0.1) is 0 Å². The van der Waals surface area contributed by atoms with Crippen LogP contribution in [0, 0.1) is 5.82 Å². The molecule has 1 unspecified atom stereocenters. The molecule has 21 heavy (non-hydrogen) atoms. The molecule has 1 amide bonds. The Morgan fingerprint density at radius 2 is 2.24 bits per heavy atom. The summed E-state index contributed by atoms with van der Waals surface area (Å²) < 4.78 is 18.9. The monoisotopic (exact) mass is 294 g/mol. The number of carbonyl (C=O) groups is 2. The lowest BCUT2D eigenvalue weighted by molar-refractivity contribution is -0.143. The number of halogens is 1. The third-order valence-electron chi connectivity index (χ3n) is 3.48. The zero-order chi connectivity index (χ0) is 15.4. The quantitative estimate of drug-likeness (QED) is 0.814. The summed E-state index contributed by atoms with van der Waals surface area (Å²) >= 11 is 0. The predicted molar refractivity (Wildman–Crippen MR) is 76.1 cm³/mol. The van der Waals surface area contributed by atoms with Crippen LogP contribution in [0.15, 0.2) is 12.1 Å². The molecule has 0 aromatic heterocycles. The van der Waals surface area contributed by atoms with Gasteiger partial charge in [0, 0.05) is 30.1 Å². The van der Waals surface area contributed by atoms with E-state index >= 15 is 0 Å². The van der Waals surface area contributed by atoms with Gasteiger partial charge in [-0.1, -0.05) is 0 Å². The lowest BCUT2D eigenvalue weighted by Crippen LogP contribution is -2.21. The van der Waals surface area contributed by atoms with Crippen molar-refractivity contribution < 1.29 is 18.7 Å². The van der Waals surface area contributed by atoms with Crippen molar-refractivity contribution in [2.45, 2.75) is 38.6 Å². The molecular weight excluding hydrogens is 275 g/mol. The smallest absolute Gasteiger partial charge is 0.305 e. The molecule has 1 aromatic carbocycles. The lowest BCUT2D eigenvalue weighted by atomic mass is 9.95. The highest BCUT2D eigenvalue weighted by Crippen LogP contribution is 2.29. The Bertz CT molecular complexity index is 560. The number of ether oxygens (including phenoxy) is 1. The molecule has 0 saturated carbocycles. The van der Waals surface area contributed by atoms with Crippen molar-refractivity contribution in [3.05, 3.63) is 29.1 Å². The normalized spacial score (nSPS) is 15.1. The fraction of sp³-hybridized carbons (Fsp3) is 0.467. The summed E-state index contributed by atoms with van der Waals surface area (Å²) in [6, 6.07) is 2.41. The van der Waals surface area contributed by atoms with Gasteiger partial charge in [-0.05, 0) is 37.5 Å². The number of hydrogen-bond donors (Lipinski definition) is 2. The second kappa shape index (κ2) is 6.67. The standard InChI is InChI=1S/C15H19FN2O3/c1-2-21-15(20)6-4-12(17)10-7-9-3-5-14(19)18-13(9)8-11(10)16/h7-8,12H,2-6,17H2,1H3,(H,18,19). The summed E-state index contributed by atoms with van der Waals surface area (Å²) in [6.07, 6.45) is 1.43. The summed E-state index contributed by atoms with van der Waals surface area (Å²) in [5, 5.41) is 2.64. The Hall–Kier alpha value is -1.95. The second-order valence-corrected chi connectivity index (χ2v) is 5.03. The summed E-state index contributed by atoms with van der Waals surface area (Å²) in [7, 11) is 0. The summed E-state index contributed by atoms with van der Waals surface area (Å²) in [6.45, 7) is 2.05. The van der Waals surface area contributed by atoms with E-state index in [1.165, 1.54) is 6.07 Å². The highest BCUT2D eigenvalue weighted by atomic mass is 19.1. The van der Waals surface area contributed by atoms with E-state index in [1.54, 1.807) is 13.0 Å². The molecule has 1 aliphatic heterocycles. The van der Waals surface area contributed by atoms with Crippen LogP contribution in [0.25, 0.3) is 0 Å². The number of fused-ring (bicyclic) bond motifs is 1. The van der Waals surface area contributed by atoms with Crippen LogP contribution in [-0.2, 0) is 20.7 Å². The van der Waals surface area contributed by atoms with Crippen molar-refractivity contribution in [2.24, 2.45) is 5.73 Å². The highest BCUT2D eigenvalue weighted by Gasteiger charge is 2.20. The van der Waals surface area contributed by atoms with Gasteiger partial charge < -0.3 is 15.8 Å². The van der Waals surface area contributed by atoms with Gasteiger partial charge in [0.2, 0.25) is 5.91 Å². The fourth-order valence-corrected chi connectivity index (χ4v) is 2.37. The molecule has 1 aliphatic rings. The summed E-state index contributed by atoms with van der Waals surface area (Å²) in [5.41, 5.74) is 7.71. The molecule has 0 radical (unpaired) electrons. The zero-order valence-corrected chi connectivity index (χ0v) is 11.9. The van der Waals surface area contributed by atoms with Gasteiger partial charge in [-0.25, -0.2) is 4.39 Å². The van der Waals surface area contributed by atoms with Crippen molar-refractivity contribution in [3.63, 3.8) is 0 Å². The molecule has 0 aliphatic carbocycles. The molecule has 2 rings (SSSR count).